The summed E-state index contributed by atoms with van der Waals surface area (Å²) in [6, 6.07) is 7.90. The van der Waals surface area contributed by atoms with Gasteiger partial charge in [0, 0.05) is 12.0 Å². The molecule has 0 heterocycles. The van der Waals surface area contributed by atoms with Gasteiger partial charge in [0.15, 0.2) is 5.78 Å². The monoisotopic (exact) mass is 212 g/mol. The second-order valence-electron chi connectivity index (χ2n) is 3.66. The van der Waals surface area contributed by atoms with Crippen LogP contribution in [0.1, 0.15) is 38.3 Å². The number of Topliss-reactive ketones (excluding diaryl/α,β-unsaturated/α-hetero) is 1. The van der Waals surface area contributed by atoms with Crippen LogP contribution < -0.4 is 0 Å². The third kappa shape index (κ3) is 3.74. The minimum atomic E-state index is 0.106. The molecule has 0 saturated heterocycles. The molecule has 1 aromatic carbocycles. The molecule has 0 aliphatic rings. The van der Waals surface area contributed by atoms with E-state index in [0.29, 0.717) is 0 Å². The Balaban J connectivity index is 2.87. The highest BCUT2D eigenvalue weighted by molar-refractivity contribution is 5.97. The first-order valence-electron chi connectivity index (χ1n) is 5.41. The largest absolute Gasteiger partial charge is 0.295 e. The van der Waals surface area contributed by atoms with Crippen LogP contribution in [-0.4, -0.2) is 5.78 Å². The van der Waals surface area contributed by atoms with Crippen molar-refractivity contribution in [2.45, 2.75) is 27.2 Å². The molecule has 0 fully saturated rings. The van der Waals surface area contributed by atoms with E-state index in [0.717, 1.165) is 23.1 Å². The Kier molecular flexibility index (Phi) is 4.54. The van der Waals surface area contributed by atoms with Gasteiger partial charge in [0.2, 0.25) is 0 Å². The molecule has 0 N–H and O–H groups in total. The van der Waals surface area contributed by atoms with Crippen molar-refractivity contribution in [3.63, 3.8) is 0 Å². The second-order valence-corrected chi connectivity index (χ2v) is 3.66. The van der Waals surface area contributed by atoms with Crippen molar-refractivity contribution >= 4 is 11.9 Å². The van der Waals surface area contributed by atoms with E-state index in [2.05, 4.69) is 11.8 Å². The van der Waals surface area contributed by atoms with Crippen molar-refractivity contribution in [1.29, 1.82) is 0 Å². The van der Waals surface area contributed by atoms with Gasteiger partial charge in [-0.05, 0) is 43.2 Å². The third-order valence-corrected chi connectivity index (χ3v) is 2.26. The van der Waals surface area contributed by atoms with Crippen LogP contribution in [-0.2, 0) is 4.79 Å². The van der Waals surface area contributed by atoms with Gasteiger partial charge in [-0.2, -0.15) is 0 Å². The molecule has 1 aromatic rings. The first kappa shape index (κ1) is 12.3. The molecule has 0 saturated carbocycles. The van der Waals surface area contributed by atoms with Crippen LogP contribution in [0.25, 0.3) is 6.08 Å². The number of carbonyl (C=O) groups is 1. The summed E-state index contributed by atoms with van der Waals surface area (Å²) in [4.78, 5) is 11.1. The third-order valence-electron chi connectivity index (χ3n) is 2.26. The van der Waals surface area contributed by atoms with Gasteiger partial charge >= 0.3 is 0 Å². The molecule has 0 aliphatic heterocycles. The van der Waals surface area contributed by atoms with Crippen LogP contribution in [0.3, 0.4) is 0 Å². The predicted molar refractivity (Wildman–Crippen MR) is 67.9 cm³/mol. The van der Waals surface area contributed by atoms with Crippen LogP contribution in [0, 0.1) is 11.8 Å². The Bertz CT molecular complexity index is 452. The second kappa shape index (κ2) is 5.92. The SMILES string of the molecule is CCC#Cc1ccc(/C=C(\C)C(C)=O)cc1. The Hall–Kier alpha value is -1.81. The average Bonchev–Trinajstić information content (AvgIpc) is 2.28. The van der Waals surface area contributed by atoms with E-state index in [-0.39, 0.29) is 5.78 Å². The van der Waals surface area contributed by atoms with E-state index < -0.39 is 0 Å². The van der Waals surface area contributed by atoms with Crippen LogP contribution in [0.4, 0.5) is 0 Å². The predicted octanol–water partition coefficient (Wildman–Crippen LogP) is 3.44. The summed E-state index contributed by atoms with van der Waals surface area (Å²) in [6.07, 6.45) is 2.75. The van der Waals surface area contributed by atoms with E-state index >= 15 is 0 Å². The molecule has 1 nitrogen and oxygen atoms in total. The molecule has 0 spiro atoms. The minimum Gasteiger partial charge on any atom is -0.295 e. The van der Waals surface area contributed by atoms with Gasteiger partial charge < -0.3 is 0 Å². The lowest BCUT2D eigenvalue weighted by atomic mass is 10.1. The molecule has 0 unspecified atom stereocenters. The minimum absolute atomic E-state index is 0.106. The highest BCUT2D eigenvalue weighted by Gasteiger charge is 1.96. The fourth-order valence-corrected chi connectivity index (χ4v) is 1.20. The van der Waals surface area contributed by atoms with Gasteiger partial charge in [0.05, 0.1) is 0 Å². The number of benzene rings is 1. The average molecular weight is 212 g/mol. The summed E-state index contributed by atoms with van der Waals surface area (Å²) in [6.45, 7) is 5.43. The van der Waals surface area contributed by atoms with Gasteiger partial charge in [-0.25, -0.2) is 0 Å². The zero-order valence-electron chi connectivity index (χ0n) is 10.0. The number of ketones is 1. The highest BCUT2D eigenvalue weighted by atomic mass is 16.1. The van der Waals surface area contributed by atoms with Crippen molar-refractivity contribution in [3.05, 3.63) is 41.0 Å². The fourth-order valence-electron chi connectivity index (χ4n) is 1.20. The van der Waals surface area contributed by atoms with E-state index in [1.807, 2.05) is 44.2 Å². The molecule has 0 radical (unpaired) electrons. The smallest absolute Gasteiger partial charge is 0.155 e. The maximum absolute atomic E-state index is 11.1. The summed E-state index contributed by atoms with van der Waals surface area (Å²) >= 11 is 0. The van der Waals surface area contributed by atoms with Crippen LogP contribution >= 0.6 is 0 Å². The van der Waals surface area contributed by atoms with Crippen molar-refractivity contribution in [2.24, 2.45) is 0 Å². The zero-order chi connectivity index (χ0) is 12.0. The Morgan fingerprint density at radius 3 is 2.38 bits per heavy atom. The molecule has 0 bridgehead atoms. The summed E-state index contributed by atoms with van der Waals surface area (Å²) in [7, 11) is 0. The van der Waals surface area contributed by atoms with Crippen LogP contribution in [0.2, 0.25) is 0 Å². The molecule has 0 atom stereocenters. The highest BCUT2D eigenvalue weighted by Crippen LogP contribution is 2.09. The lowest BCUT2D eigenvalue weighted by Gasteiger charge is -1.97. The maximum atomic E-state index is 11.1. The lowest BCUT2D eigenvalue weighted by molar-refractivity contribution is -0.113. The number of carbonyl (C=O) groups excluding carboxylic acids is 1. The number of hydrogen-bond acceptors (Lipinski definition) is 1. The van der Waals surface area contributed by atoms with E-state index in [4.69, 9.17) is 0 Å². The van der Waals surface area contributed by atoms with Crippen molar-refractivity contribution < 1.29 is 4.79 Å². The van der Waals surface area contributed by atoms with Gasteiger partial charge in [0.1, 0.15) is 0 Å². The van der Waals surface area contributed by atoms with E-state index in [1.54, 1.807) is 6.92 Å². The Morgan fingerprint density at radius 2 is 1.88 bits per heavy atom. The van der Waals surface area contributed by atoms with Gasteiger partial charge in [-0.3, -0.25) is 4.79 Å². The fraction of sp³-hybridized carbons (Fsp3) is 0.267. The molecule has 16 heavy (non-hydrogen) atoms. The Morgan fingerprint density at radius 1 is 1.25 bits per heavy atom. The summed E-state index contributed by atoms with van der Waals surface area (Å²) in [5, 5.41) is 0. The molecule has 0 aliphatic carbocycles. The van der Waals surface area contributed by atoms with Crippen molar-refractivity contribution in [3.8, 4) is 11.8 Å². The zero-order valence-corrected chi connectivity index (χ0v) is 10.0. The molecular formula is C15H16O. The molecule has 82 valence electrons. The van der Waals surface area contributed by atoms with Gasteiger partial charge in [-0.15, -0.1) is 0 Å². The van der Waals surface area contributed by atoms with E-state index in [9.17, 15) is 4.79 Å². The van der Waals surface area contributed by atoms with Gasteiger partial charge in [-0.1, -0.05) is 30.9 Å². The Labute approximate surface area is 97.2 Å². The molecule has 1 heteroatoms. The van der Waals surface area contributed by atoms with Gasteiger partial charge in [0.25, 0.3) is 0 Å². The number of rotatable bonds is 2. The molecule has 0 amide bonds. The number of hydrogen-bond donors (Lipinski definition) is 0. The van der Waals surface area contributed by atoms with Crippen molar-refractivity contribution in [1.82, 2.24) is 0 Å². The number of allylic oxidation sites excluding steroid dienone is 1. The summed E-state index contributed by atoms with van der Waals surface area (Å²) < 4.78 is 0. The first-order valence-corrected chi connectivity index (χ1v) is 5.41. The summed E-state index contributed by atoms with van der Waals surface area (Å²) in [5.74, 6) is 6.19. The molecule has 0 aromatic heterocycles. The first-order chi connectivity index (χ1) is 7.63. The van der Waals surface area contributed by atoms with Crippen molar-refractivity contribution in [2.75, 3.05) is 0 Å². The van der Waals surface area contributed by atoms with Crippen LogP contribution in [0.5, 0.6) is 0 Å². The topological polar surface area (TPSA) is 17.1 Å². The molecule has 1 rings (SSSR count). The quantitative estimate of drug-likeness (QED) is 0.542. The maximum Gasteiger partial charge on any atom is 0.155 e. The lowest BCUT2D eigenvalue weighted by Crippen LogP contribution is -1.90. The normalized spacial score (nSPS) is 10.6. The standard InChI is InChI=1S/C15H16O/c1-4-5-6-14-7-9-15(10-8-14)11-12(2)13(3)16/h7-11H,4H2,1-3H3/b12-11+. The summed E-state index contributed by atoms with van der Waals surface area (Å²) in [5.41, 5.74) is 2.82. The van der Waals surface area contributed by atoms with Crippen LogP contribution in [0.15, 0.2) is 29.8 Å². The molecular weight excluding hydrogens is 196 g/mol. The van der Waals surface area contributed by atoms with E-state index in [1.165, 1.54) is 0 Å².